The normalized spacial score (nSPS) is 10.3. The maximum absolute atomic E-state index is 12.1. The van der Waals surface area contributed by atoms with Gasteiger partial charge in [-0.2, -0.15) is 5.26 Å². The third-order valence-electron chi connectivity index (χ3n) is 3.16. The summed E-state index contributed by atoms with van der Waals surface area (Å²) in [5, 5.41) is 9.79. The summed E-state index contributed by atoms with van der Waals surface area (Å²) in [5.74, 6) is 0.614. The van der Waals surface area contributed by atoms with E-state index in [1.165, 1.54) is 11.8 Å². The van der Waals surface area contributed by atoms with Gasteiger partial charge in [-0.15, -0.1) is 0 Å². The molecule has 0 spiro atoms. The Kier molecular flexibility index (Phi) is 6.25. The number of benzene rings is 1. The number of H-pyrrole nitrogens is 1. The first-order valence-corrected chi connectivity index (χ1v) is 9.13. The van der Waals surface area contributed by atoms with Gasteiger partial charge in [-0.3, -0.25) is 4.79 Å². The van der Waals surface area contributed by atoms with Crippen LogP contribution in [-0.2, 0) is 0 Å². The van der Waals surface area contributed by atoms with Crippen LogP contribution in [0.3, 0.4) is 0 Å². The summed E-state index contributed by atoms with van der Waals surface area (Å²) in [7, 11) is 0. The lowest BCUT2D eigenvalue weighted by Crippen LogP contribution is -2.15. The fourth-order valence-electron chi connectivity index (χ4n) is 1.99. The molecule has 0 saturated heterocycles. The molecule has 0 amide bonds. The maximum Gasteiger partial charge on any atom is 0.270 e. The zero-order valence-electron chi connectivity index (χ0n) is 12.9. The number of hydrogen-bond donors (Lipinski definition) is 1. The second-order valence-electron chi connectivity index (χ2n) is 4.75. The van der Waals surface area contributed by atoms with E-state index in [1.54, 1.807) is 0 Å². The zero-order valence-corrected chi connectivity index (χ0v) is 15.3. The largest absolute Gasteiger partial charge is 0.493 e. The van der Waals surface area contributed by atoms with Crippen molar-refractivity contribution in [3.8, 4) is 23.1 Å². The van der Waals surface area contributed by atoms with E-state index >= 15 is 0 Å². The number of nitriles is 1. The third-order valence-corrected chi connectivity index (χ3v) is 4.23. The lowest BCUT2D eigenvalue weighted by Gasteiger charge is -2.12. The van der Waals surface area contributed by atoms with Crippen molar-refractivity contribution in [3.63, 3.8) is 0 Å². The highest BCUT2D eigenvalue weighted by Gasteiger charge is 2.17. The highest BCUT2D eigenvalue weighted by atomic mass is 79.9. The van der Waals surface area contributed by atoms with Crippen molar-refractivity contribution in [2.75, 3.05) is 12.9 Å². The van der Waals surface area contributed by atoms with Crippen molar-refractivity contribution in [3.05, 3.63) is 38.6 Å². The molecule has 1 N–H and O–H groups in total. The molecule has 2 aromatic rings. The summed E-state index contributed by atoms with van der Waals surface area (Å²) < 4.78 is 6.64. The van der Waals surface area contributed by atoms with Crippen LogP contribution in [0.15, 0.2) is 32.6 Å². The van der Waals surface area contributed by atoms with E-state index < -0.39 is 5.56 Å². The van der Waals surface area contributed by atoms with E-state index in [4.69, 9.17) is 4.74 Å². The van der Waals surface area contributed by atoms with Crippen LogP contribution < -0.4 is 10.3 Å². The van der Waals surface area contributed by atoms with Crippen molar-refractivity contribution in [2.24, 2.45) is 0 Å². The molecule has 7 heteroatoms. The molecule has 0 radical (unpaired) electrons. The Hall–Kier alpha value is -1.78. The lowest BCUT2D eigenvalue weighted by atomic mass is 10.1. The van der Waals surface area contributed by atoms with Gasteiger partial charge in [0.1, 0.15) is 23.1 Å². The van der Waals surface area contributed by atoms with E-state index in [0.717, 1.165) is 17.3 Å². The number of nitrogens with one attached hydrogen (secondary N) is 1. The number of nitrogens with zero attached hydrogens (tertiary/aromatic N) is 2. The SMILES string of the molecule is CCCCOc1ccc(Br)cc1-c1nc(SC)[nH]c(=O)c1C#N. The fourth-order valence-corrected chi connectivity index (χ4v) is 2.73. The summed E-state index contributed by atoms with van der Waals surface area (Å²) in [4.78, 5) is 19.1. The zero-order chi connectivity index (χ0) is 16.8. The Morgan fingerprint density at radius 1 is 1.48 bits per heavy atom. The number of unbranched alkanes of at least 4 members (excludes halogenated alkanes) is 1. The summed E-state index contributed by atoms with van der Waals surface area (Å²) >= 11 is 4.73. The minimum absolute atomic E-state index is 0.0127. The van der Waals surface area contributed by atoms with E-state index in [-0.39, 0.29) is 5.56 Å². The monoisotopic (exact) mass is 393 g/mol. The minimum atomic E-state index is -0.443. The molecular formula is C16H16BrN3O2S. The number of rotatable bonds is 6. The van der Waals surface area contributed by atoms with Gasteiger partial charge in [0.15, 0.2) is 5.16 Å². The Balaban J connectivity index is 2.61. The Labute approximate surface area is 147 Å². The smallest absolute Gasteiger partial charge is 0.270 e. The summed E-state index contributed by atoms with van der Waals surface area (Å²) in [5.41, 5.74) is 0.518. The number of ether oxygens (including phenoxy) is 1. The number of aromatic nitrogens is 2. The first kappa shape index (κ1) is 17.6. The molecule has 1 heterocycles. The van der Waals surface area contributed by atoms with E-state index in [9.17, 15) is 10.1 Å². The van der Waals surface area contributed by atoms with Gasteiger partial charge in [0.25, 0.3) is 5.56 Å². The lowest BCUT2D eigenvalue weighted by molar-refractivity contribution is 0.310. The molecular weight excluding hydrogens is 378 g/mol. The van der Waals surface area contributed by atoms with Crippen molar-refractivity contribution < 1.29 is 4.74 Å². The Morgan fingerprint density at radius 3 is 2.91 bits per heavy atom. The Morgan fingerprint density at radius 2 is 2.26 bits per heavy atom. The molecule has 0 bridgehead atoms. The van der Waals surface area contributed by atoms with Crippen molar-refractivity contribution in [2.45, 2.75) is 24.9 Å². The molecule has 0 unspecified atom stereocenters. The maximum atomic E-state index is 12.1. The van der Waals surface area contributed by atoms with Crippen molar-refractivity contribution >= 4 is 27.7 Å². The van der Waals surface area contributed by atoms with Gasteiger partial charge >= 0.3 is 0 Å². The molecule has 0 aliphatic heterocycles. The van der Waals surface area contributed by atoms with Crippen LogP contribution in [-0.4, -0.2) is 22.8 Å². The summed E-state index contributed by atoms with van der Waals surface area (Å²) in [6.07, 6.45) is 3.77. The summed E-state index contributed by atoms with van der Waals surface area (Å²) in [6.45, 7) is 2.66. The molecule has 5 nitrogen and oxygen atoms in total. The van der Waals surface area contributed by atoms with Crippen molar-refractivity contribution in [1.29, 1.82) is 5.26 Å². The van der Waals surface area contributed by atoms with Gasteiger partial charge in [-0.25, -0.2) is 4.98 Å². The molecule has 23 heavy (non-hydrogen) atoms. The fraction of sp³-hybridized carbons (Fsp3) is 0.312. The second kappa shape index (κ2) is 8.18. The molecule has 0 atom stereocenters. The van der Waals surface area contributed by atoms with Crippen LogP contribution >= 0.6 is 27.7 Å². The van der Waals surface area contributed by atoms with E-state index in [0.29, 0.717) is 28.8 Å². The van der Waals surface area contributed by atoms with Gasteiger partial charge in [0.05, 0.1) is 6.61 Å². The van der Waals surface area contributed by atoms with Crippen LogP contribution in [0.25, 0.3) is 11.3 Å². The number of hydrogen-bond acceptors (Lipinski definition) is 5. The quantitative estimate of drug-likeness (QED) is 0.456. The van der Waals surface area contributed by atoms with Gasteiger partial charge < -0.3 is 9.72 Å². The highest BCUT2D eigenvalue weighted by molar-refractivity contribution is 9.10. The number of thioether (sulfide) groups is 1. The molecule has 1 aromatic carbocycles. The molecule has 0 fully saturated rings. The first-order chi connectivity index (χ1) is 11.1. The average Bonchev–Trinajstić information content (AvgIpc) is 2.55. The van der Waals surface area contributed by atoms with Crippen LogP contribution in [0, 0.1) is 11.3 Å². The van der Waals surface area contributed by atoms with Gasteiger partial charge in [-0.1, -0.05) is 41.0 Å². The second-order valence-corrected chi connectivity index (χ2v) is 6.46. The standard InChI is InChI=1S/C16H16BrN3O2S/c1-3-4-7-22-13-6-5-10(17)8-11(13)14-12(9-18)15(21)20-16(19-14)23-2/h5-6,8H,3-4,7H2,1-2H3,(H,19,20,21). The van der Waals surface area contributed by atoms with Crippen LogP contribution in [0.2, 0.25) is 0 Å². The molecule has 2 rings (SSSR count). The van der Waals surface area contributed by atoms with Crippen LogP contribution in [0.1, 0.15) is 25.3 Å². The molecule has 0 aliphatic rings. The van der Waals surface area contributed by atoms with Crippen LogP contribution in [0.4, 0.5) is 0 Å². The van der Waals surface area contributed by atoms with Crippen LogP contribution in [0.5, 0.6) is 5.75 Å². The van der Waals surface area contributed by atoms with Crippen molar-refractivity contribution in [1.82, 2.24) is 9.97 Å². The number of aromatic amines is 1. The molecule has 120 valence electrons. The van der Waals surface area contributed by atoms with Gasteiger partial charge in [0.2, 0.25) is 0 Å². The predicted molar refractivity (Wildman–Crippen MR) is 94.9 cm³/mol. The predicted octanol–water partition coefficient (Wildman–Crippen LogP) is 3.97. The van der Waals surface area contributed by atoms with E-state index in [1.807, 2.05) is 30.5 Å². The molecule has 0 saturated carbocycles. The highest BCUT2D eigenvalue weighted by Crippen LogP contribution is 2.33. The molecule has 1 aromatic heterocycles. The third kappa shape index (κ3) is 4.15. The van der Waals surface area contributed by atoms with E-state index in [2.05, 4.69) is 32.8 Å². The Bertz CT molecular complexity index is 799. The number of halogens is 1. The summed E-state index contributed by atoms with van der Waals surface area (Å²) in [6, 6.07) is 7.43. The van der Waals surface area contributed by atoms with Gasteiger partial charge in [0, 0.05) is 10.0 Å². The topological polar surface area (TPSA) is 78.8 Å². The minimum Gasteiger partial charge on any atom is -0.493 e. The van der Waals surface area contributed by atoms with Gasteiger partial charge in [-0.05, 0) is 30.9 Å². The first-order valence-electron chi connectivity index (χ1n) is 7.11. The average molecular weight is 394 g/mol. The molecule has 0 aliphatic carbocycles.